The summed E-state index contributed by atoms with van der Waals surface area (Å²) in [6, 6.07) is 5.97. The van der Waals surface area contributed by atoms with Crippen LogP contribution in [0.1, 0.15) is 10.4 Å². The summed E-state index contributed by atoms with van der Waals surface area (Å²) >= 11 is 5.27. The van der Waals surface area contributed by atoms with E-state index in [1.165, 1.54) is 12.1 Å². The number of hydrogen-bond acceptors (Lipinski definition) is 3. The molecule has 2 aromatic heterocycles. The predicted molar refractivity (Wildman–Crippen MR) is 68.6 cm³/mol. The highest BCUT2D eigenvalue weighted by Gasteiger charge is 2.13. The van der Waals surface area contributed by atoms with Gasteiger partial charge >= 0.3 is 0 Å². The van der Waals surface area contributed by atoms with Crippen molar-refractivity contribution in [2.24, 2.45) is 0 Å². The third kappa shape index (κ3) is 1.98. The molecule has 0 aliphatic carbocycles. The molecule has 0 fully saturated rings. The highest BCUT2D eigenvalue weighted by Crippen LogP contribution is 2.25. The Morgan fingerprint density at radius 2 is 2.21 bits per heavy atom. The molecular weight excluding hydrogens is 269 g/mol. The summed E-state index contributed by atoms with van der Waals surface area (Å²) in [5, 5.41) is 3.30. The van der Waals surface area contributed by atoms with Crippen LogP contribution in [0.2, 0.25) is 0 Å². The lowest BCUT2D eigenvalue weighted by Gasteiger charge is -2.01. The van der Waals surface area contributed by atoms with Gasteiger partial charge in [0.1, 0.15) is 5.82 Å². The van der Waals surface area contributed by atoms with E-state index in [1.807, 2.05) is 0 Å². The molecule has 6 heteroatoms. The molecule has 0 aliphatic rings. The lowest BCUT2D eigenvalue weighted by molar-refractivity contribution is 0.107. The number of rotatable bonds is 2. The third-order valence-corrected chi connectivity index (χ3v) is 2.97. The normalized spacial score (nSPS) is 10.8. The summed E-state index contributed by atoms with van der Waals surface area (Å²) in [7, 11) is 0. The summed E-state index contributed by atoms with van der Waals surface area (Å²) in [6.07, 6.45) is 4.98. The van der Waals surface area contributed by atoms with Gasteiger partial charge in [-0.1, -0.05) is 6.07 Å². The van der Waals surface area contributed by atoms with Gasteiger partial charge in [0.2, 0.25) is 0 Å². The molecule has 2 heterocycles. The van der Waals surface area contributed by atoms with Crippen LogP contribution in [0.3, 0.4) is 0 Å². The van der Waals surface area contributed by atoms with Gasteiger partial charge in [-0.3, -0.25) is 4.79 Å². The molecule has 1 aromatic carbocycles. The van der Waals surface area contributed by atoms with Crippen LogP contribution in [0.5, 0.6) is 0 Å². The minimum absolute atomic E-state index is 0.144. The molecule has 0 saturated heterocycles. The van der Waals surface area contributed by atoms with E-state index in [2.05, 4.69) is 10.1 Å². The standard InChI is InChI=1S/C13H7ClFN3O/c14-12(19)9-3-2-8(6-11(9)15)10-7-17-18-5-1-4-16-13(10)18/h1-7H. The molecule has 0 unspecified atom stereocenters. The van der Waals surface area contributed by atoms with Crippen molar-refractivity contribution in [3.05, 3.63) is 54.2 Å². The van der Waals surface area contributed by atoms with Crippen molar-refractivity contribution in [1.82, 2.24) is 14.6 Å². The van der Waals surface area contributed by atoms with Gasteiger partial charge in [0.15, 0.2) is 5.65 Å². The summed E-state index contributed by atoms with van der Waals surface area (Å²) in [4.78, 5) is 15.2. The Kier molecular flexibility index (Phi) is 2.76. The molecule has 0 atom stereocenters. The quantitative estimate of drug-likeness (QED) is 0.676. The number of carbonyl (C=O) groups is 1. The number of carbonyl (C=O) groups excluding carboxylic acids is 1. The summed E-state index contributed by atoms with van der Waals surface area (Å²) in [5.41, 5.74) is 1.75. The molecule has 94 valence electrons. The maximum Gasteiger partial charge on any atom is 0.255 e. The van der Waals surface area contributed by atoms with E-state index in [4.69, 9.17) is 11.6 Å². The van der Waals surface area contributed by atoms with Gasteiger partial charge in [-0.15, -0.1) is 0 Å². The monoisotopic (exact) mass is 275 g/mol. The first-order valence-corrected chi connectivity index (χ1v) is 5.83. The fraction of sp³-hybridized carbons (Fsp3) is 0. The van der Waals surface area contributed by atoms with Crippen LogP contribution in [0.4, 0.5) is 4.39 Å². The minimum Gasteiger partial charge on any atom is -0.275 e. The first-order valence-electron chi connectivity index (χ1n) is 5.45. The van der Waals surface area contributed by atoms with Gasteiger partial charge < -0.3 is 0 Å². The van der Waals surface area contributed by atoms with Crippen molar-refractivity contribution in [2.45, 2.75) is 0 Å². The van der Waals surface area contributed by atoms with Crippen LogP contribution in [0.25, 0.3) is 16.8 Å². The van der Waals surface area contributed by atoms with Crippen LogP contribution in [-0.2, 0) is 0 Å². The van der Waals surface area contributed by atoms with Crippen LogP contribution in [0, 0.1) is 5.82 Å². The van der Waals surface area contributed by atoms with Gasteiger partial charge in [0.25, 0.3) is 5.24 Å². The molecule has 3 aromatic rings. The molecule has 0 saturated carbocycles. The number of fused-ring (bicyclic) bond motifs is 1. The molecule has 4 nitrogen and oxygen atoms in total. The molecule has 0 spiro atoms. The van der Waals surface area contributed by atoms with E-state index in [-0.39, 0.29) is 5.56 Å². The van der Waals surface area contributed by atoms with Gasteiger partial charge in [-0.25, -0.2) is 13.9 Å². The van der Waals surface area contributed by atoms with E-state index >= 15 is 0 Å². The molecule has 3 rings (SSSR count). The first kappa shape index (κ1) is 11.8. The Labute approximate surface area is 112 Å². The molecule has 19 heavy (non-hydrogen) atoms. The van der Waals surface area contributed by atoms with Crippen LogP contribution < -0.4 is 0 Å². The lowest BCUT2D eigenvalue weighted by atomic mass is 10.1. The topological polar surface area (TPSA) is 47.3 Å². The number of benzene rings is 1. The fourth-order valence-corrected chi connectivity index (χ4v) is 2.03. The maximum atomic E-state index is 13.7. The summed E-state index contributed by atoms with van der Waals surface area (Å²) in [6.45, 7) is 0. The molecule has 0 radical (unpaired) electrons. The Bertz CT molecular complexity index is 784. The average molecular weight is 276 g/mol. The van der Waals surface area contributed by atoms with Crippen molar-refractivity contribution in [3.63, 3.8) is 0 Å². The second-order valence-electron chi connectivity index (χ2n) is 3.91. The Hall–Kier alpha value is -2.27. The zero-order chi connectivity index (χ0) is 13.4. The van der Waals surface area contributed by atoms with Crippen molar-refractivity contribution >= 4 is 22.5 Å². The van der Waals surface area contributed by atoms with Crippen molar-refractivity contribution in [3.8, 4) is 11.1 Å². The molecule has 0 N–H and O–H groups in total. The number of aromatic nitrogens is 3. The summed E-state index contributed by atoms with van der Waals surface area (Å²) in [5.74, 6) is -0.659. The highest BCUT2D eigenvalue weighted by atomic mass is 35.5. The fourth-order valence-electron chi connectivity index (χ4n) is 1.87. The van der Waals surface area contributed by atoms with Gasteiger partial charge in [0.05, 0.1) is 11.8 Å². The van der Waals surface area contributed by atoms with E-state index in [0.717, 1.165) is 0 Å². The first-order chi connectivity index (χ1) is 9.16. The third-order valence-electron chi connectivity index (χ3n) is 2.77. The van der Waals surface area contributed by atoms with Crippen molar-refractivity contribution in [1.29, 1.82) is 0 Å². The largest absolute Gasteiger partial charge is 0.275 e. The lowest BCUT2D eigenvalue weighted by Crippen LogP contribution is -1.94. The van der Waals surface area contributed by atoms with E-state index in [0.29, 0.717) is 16.8 Å². The van der Waals surface area contributed by atoms with Gasteiger partial charge in [-0.05, 0) is 35.4 Å². The zero-order valence-electron chi connectivity index (χ0n) is 9.55. The van der Waals surface area contributed by atoms with Crippen LogP contribution in [-0.4, -0.2) is 19.8 Å². The zero-order valence-corrected chi connectivity index (χ0v) is 10.3. The number of hydrogen-bond donors (Lipinski definition) is 0. The predicted octanol–water partition coefficient (Wildman–Crippen LogP) is 2.91. The summed E-state index contributed by atoms with van der Waals surface area (Å²) < 4.78 is 15.3. The minimum atomic E-state index is -0.818. The molecule has 0 aliphatic heterocycles. The van der Waals surface area contributed by atoms with E-state index in [1.54, 1.807) is 35.2 Å². The Balaban J connectivity index is 2.17. The average Bonchev–Trinajstić information content (AvgIpc) is 2.82. The second-order valence-corrected chi connectivity index (χ2v) is 4.26. The highest BCUT2D eigenvalue weighted by molar-refractivity contribution is 6.67. The van der Waals surface area contributed by atoms with Crippen molar-refractivity contribution in [2.75, 3.05) is 0 Å². The molecular formula is C13H7ClFN3O. The number of nitrogens with zero attached hydrogens (tertiary/aromatic N) is 3. The van der Waals surface area contributed by atoms with Crippen LogP contribution in [0.15, 0.2) is 42.9 Å². The SMILES string of the molecule is O=C(Cl)c1ccc(-c2cnn3cccnc23)cc1F. The molecule has 0 amide bonds. The second kappa shape index (κ2) is 4.44. The van der Waals surface area contributed by atoms with Gasteiger partial charge in [-0.2, -0.15) is 5.10 Å². The van der Waals surface area contributed by atoms with E-state index < -0.39 is 11.1 Å². The maximum absolute atomic E-state index is 13.7. The van der Waals surface area contributed by atoms with Crippen LogP contribution >= 0.6 is 11.6 Å². The Morgan fingerprint density at radius 1 is 1.37 bits per heavy atom. The Morgan fingerprint density at radius 3 is 2.95 bits per heavy atom. The van der Waals surface area contributed by atoms with Gasteiger partial charge in [0, 0.05) is 18.0 Å². The smallest absolute Gasteiger partial charge is 0.255 e. The molecule has 0 bridgehead atoms. The number of halogens is 2. The van der Waals surface area contributed by atoms with E-state index in [9.17, 15) is 9.18 Å². The van der Waals surface area contributed by atoms with Crippen molar-refractivity contribution < 1.29 is 9.18 Å².